The van der Waals surface area contributed by atoms with Crippen LogP contribution in [0, 0.1) is 0 Å². The van der Waals surface area contributed by atoms with Crippen LogP contribution in [-0.2, 0) is 4.74 Å². The maximum atomic E-state index is 5.43. The van der Waals surface area contributed by atoms with E-state index in [0.717, 1.165) is 25.2 Å². The van der Waals surface area contributed by atoms with Crippen LogP contribution in [0.25, 0.3) is 0 Å². The van der Waals surface area contributed by atoms with E-state index in [-0.39, 0.29) is 0 Å². The van der Waals surface area contributed by atoms with Gasteiger partial charge >= 0.3 is 0 Å². The summed E-state index contributed by atoms with van der Waals surface area (Å²) in [6.45, 7) is 7.01. The first-order chi connectivity index (χ1) is 6.36. The van der Waals surface area contributed by atoms with Crippen LogP contribution in [0.4, 0.5) is 0 Å². The third-order valence-electron chi connectivity index (χ3n) is 2.14. The summed E-state index contributed by atoms with van der Waals surface area (Å²) >= 11 is 0. The summed E-state index contributed by atoms with van der Waals surface area (Å²) in [7, 11) is 0. The number of hydrogen-bond acceptors (Lipinski definition) is 1. The number of allylic oxidation sites excluding steroid dienone is 5. The SMILES string of the molecule is CC.CC1=CC=C2OCCC2=CC1. The van der Waals surface area contributed by atoms with Gasteiger partial charge in [0.05, 0.1) is 6.61 Å². The van der Waals surface area contributed by atoms with Crippen molar-refractivity contribution in [1.29, 1.82) is 0 Å². The van der Waals surface area contributed by atoms with Gasteiger partial charge in [0, 0.05) is 6.42 Å². The minimum absolute atomic E-state index is 0.866. The topological polar surface area (TPSA) is 9.23 Å². The molecule has 0 spiro atoms. The Balaban J connectivity index is 0.000000396. The van der Waals surface area contributed by atoms with Crippen molar-refractivity contribution in [3.05, 3.63) is 35.1 Å². The van der Waals surface area contributed by atoms with Crippen LogP contribution in [-0.4, -0.2) is 6.61 Å². The third kappa shape index (κ3) is 2.48. The highest BCUT2D eigenvalue weighted by Crippen LogP contribution is 2.27. The van der Waals surface area contributed by atoms with Crippen LogP contribution in [0.15, 0.2) is 35.1 Å². The molecule has 0 aromatic heterocycles. The van der Waals surface area contributed by atoms with Gasteiger partial charge in [0.25, 0.3) is 0 Å². The maximum absolute atomic E-state index is 5.43. The second kappa shape index (κ2) is 4.90. The fourth-order valence-corrected chi connectivity index (χ4v) is 1.41. The molecule has 1 heterocycles. The summed E-state index contributed by atoms with van der Waals surface area (Å²) in [5.74, 6) is 1.09. The van der Waals surface area contributed by atoms with Gasteiger partial charge in [-0.05, 0) is 25.0 Å². The average molecular weight is 178 g/mol. The van der Waals surface area contributed by atoms with Crippen LogP contribution < -0.4 is 0 Å². The van der Waals surface area contributed by atoms with Crippen LogP contribution in [0.3, 0.4) is 0 Å². The Labute approximate surface area is 80.8 Å². The molecule has 0 unspecified atom stereocenters. The van der Waals surface area contributed by atoms with Gasteiger partial charge in [-0.1, -0.05) is 31.6 Å². The number of hydrogen-bond donors (Lipinski definition) is 0. The molecule has 1 fully saturated rings. The first kappa shape index (κ1) is 10.1. The van der Waals surface area contributed by atoms with E-state index in [0.29, 0.717) is 0 Å². The molecule has 0 aromatic carbocycles. The van der Waals surface area contributed by atoms with E-state index in [9.17, 15) is 0 Å². The van der Waals surface area contributed by atoms with Gasteiger partial charge in [-0.2, -0.15) is 0 Å². The molecule has 13 heavy (non-hydrogen) atoms. The highest BCUT2D eigenvalue weighted by Gasteiger charge is 2.14. The van der Waals surface area contributed by atoms with Crippen molar-refractivity contribution >= 4 is 0 Å². The van der Waals surface area contributed by atoms with E-state index in [1.807, 2.05) is 13.8 Å². The Hall–Kier alpha value is -0.980. The molecule has 0 amide bonds. The summed E-state index contributed by atoms with van der Waals surface area (Å²) in [5, 5.41) is 0. The van der Waals surface area contributed by atoms with E-state index in [4.69, 9.17) is 4.74 Å². The van der Waals surface area contributed by atoms with Gasteiger partial charge in [0.1, 0.15) is 5.76 Å². The predicted octanol–water partition coefficient (Wildman–Crippen LogP) is 3.59. The molecule has 0 N–H and O–H groups in total. The number of ether oxygens (including phenoxy) is 1. The van der Waals surface area contributed by atoms with Crippen molar-refractivity contribution in [3.8, 4) is 0 Å². The third-order valence-corrected chi connectivity index (χ3v) is 2.14. The summed E-state index contributed by atoms with van der Waals surface area (Å²) < 4.78 is 5.43. The summed E-state index contributed by atoms with van der Waals surface area (Å²) in [6.07, 6.45) is 8.68. The Kier molecular flexibility index (Phi) is 3.81. The number of fused-ring (bicyclic) bond motifs is 1. The largest absolute Gasteiger partial charge is 0.493 e. The molecule has 0 bridgehead atoms. The minimum atomic E-state index is 0.866. The van der Waals surface area contributed by atoms with Crippen molar-refractivity contribution in [2.24, 2.45) is 0 Å². The monoisotopic (exact) mass is 178 g/mol. The maximum Gasteiger partial charge on any atom is 0.122 e. The molecule has 1 aliphatic heterocycles. The minimum Gasteiger partial charge on any atom is -0.493 e. The first-order valence-corrected chi connectivity index (χ1v) is 5.06. The second-order valence-electron chi connectivity index (χ2n) is 3.08. The molecular weight excluding hydrogens is 160 g/mol. The van der Waals surface area contributed by atoms with E-state index >= 15 is 0 Å². The van der Waals surface area contributed by atoms with Crippen molar-refractivity contribution < 1.29 is 4.74 Å². The van der Waals surface area contributed by atoms with Crippen molar-refractivity contribution in [2.45, 2.75) is 33.6 Å². The molecule has 0 saturated carbocycles. The van der Waals surface area contributed by atoms with Gasteiger partial charge in [0.15, 0.2) is 0 Å². The molecule has 72 valence electrons. The average Bonchev–Trinajstić information content (AvgIpc) is 2.56. The van der Waals surface area contributed by atoms with Crippen molar-refractivity contribution in [3.63, 3.8) is 0 Å². The molecular formula is C12H18O. The second-order valence-corrected chi connectivity index (χ2v) is 3.08. The van der Waals surface area contributed by atoms with E-state index in [1.165, 1.54) is 11.1 Å². The smallest absolute Gasteiger partial charge is 0.122 e. The lowest BCUT2D eigenvalue weighted by Gasteiger charge is -1.94. The molecule has 1 heteroatoms. The van der Waals surface area contributed by atoms with Gasteiger partial charge in [-0.25, -0.2) is 0 Å². The molecule has 2 aliphatic rings. The van der Waals surface area contributed by atoms with E-state index < -0.39 is 0 Å². The fraction of sp³-hybridized carbons (Fsp3) is 0.500. The van der Waals surface area contributed by atoms with Gasteiger partial charge < -0.3 is 4.74 Å². The van der Waals surface area contributed by atoms with Crippen molar-refractivity contribution in [2.75, 3.05) is 6.61 Å². The Morgan fingerprint density at radius 1 is 1.23 bits per heavy atom. The lowest BCUT2D eigenvalue weighted by atomic mass is 10.1. The lowest BCUT2D eigenvalue weighted by molar-refractivity contribution is 0.266. The zero-order valence-corrected chi connectivity index (χ0v) is 8.76. The molecule has 1 saturated heterocycles. The fourth-order valence-electron chi connectivity index (χ4n) is 1.41. The van der Waals surface area contributed by atoms with Crippen LogP contribution in [0.1, 0.15) is 33.6 Å². The summed E-state index contributed by atoms with van der Waals surface area (Å²) in [5.41, 5.74) is 2.79. The Morgan fingerprint density at radius 3 is 2.77 bits per heavy atom. The van der Waals surface area contributed by atoms with Gasteiger partial charge in [-0.3, -0.25) is 0 Å². The molecule has 0 atom stereocenters. The Morgan fingerprint density at radius 2 is 2.00 bits per heavy atom. The molecule has 1 aliphatic carbocycles. The zero-order valence-electron chi connectivity index (χ0n) is 8.76. The molecule has 2 rings (SSSR count). The predicted molar refractivity (Wildman–Crippen MR) is 56.5 cm³/mol. The molecule has 0 aromatic rings. The highest BCUT2D eigenvalue weighted by atomic mass is 16.5. The van der Waals surface area contributed by atoms with Crippen LogP contribution in [0.2, 0.25) is 0 Å². The number of rotatable bonds is 0. The van der Waals surface area contributed by atoms with Crippen LogP contribution in [0.5, 0.6) is 0 Å². The van der Waals surface area contributed by atoms with E-state index in [2.05, 4.69) is 25.2 Å². The van der Waals surface area contributed by atoms with Crippen LogP contribution >= 0.6 is 0 Å². The first-order valence-electron chi connectivity index (χ1n) is 5.06. The molecule has 0 radical (unpaired) electrons. The summed E-state index contributed by atoms with van der Waals surface area (Å²) in [4.78, 5) is 0. The van der Waals surface area contributed by atoms with Crippen molar-refractivity contribution in [1.82, 2.24) is 0 Å². The van der Waals surface area contributed by atoms with Gasteiger partial charge in [-0.15, -0.1) is 0 Å². The molecule has 1 nitrogen and oxygen atoms in total. The zero-order chi connectivity index (χ0) is 9.68. The quantitative estimate of drug-likeness (QED) is 0.550. The van der Waals surface area contributed by atoms with E-state index in [1.54, 1.807) is 0 Å². The Bertz CT molecular complexity index is 256. The standard InChI is InChI=1S/C10H12O.C2H6/c1-8-2-4-9-6-7-11-10(9)5-3-8;1-2/h3-5H,2,6-7H2,1H3;1-2H3. The normalized spacial score (nSPS) is 19.5. The van der Waals surface area contributed by atoms with Gasteiger partial charge in [0.2, 0.25) is 0 Å². The highest BCUT2D eigenvalue weighted by molar-refractivity contribution is 5.36. The summed E-state index contributed by atoms with van der Waals surface area (Å²) in [6, 6.07) is 0. The lowest BCUT2D eigenvalue weighted by Crippen LogP contribution is -1.77.